The predicted molar refractivity (Wildman–Crippen MR) is 62.2 cm³/mol. The molecule has 4 nitrogen and oxygen atoms in total. The number of carbonyl (C=O) groups excluding carboxylic acids is 1. The van der Waals surface area contributed by atoms with E-state index in [1.165, 1.54) is 0 Å². The van der Waals surface area contributed by atoms with Crippen LogP contribution in [0.25, 0.3) is 0 Å². The highest BCUT2D eigenvalue weighted by Crippen LogP contribution is 1.97. The topological polar surface area (TPSA) is 48.4 Å². The van der Waals surface area contributed by atoms with Crippen molar-refractivity contribution in [1.29, 1.82) is 0 Å². The first-order valence-electron chi connectivity index (χ1n) is 4.11. The molecule has 0 fully saturated rings. The van der Waals surface area contributed by atoms with Crippen molar-refractivity contribution in [3.05, 3.63) is 30.1 Å². The first-order chi connectivity index (χ1) is 7.33. The minimum Gasteiger partial charge on any atom is -0.428 e. The van der Waals surface area contributed by atoms with Crippen molar-refractivity contribution in [1.82, 2.24) is 4.98 Å². The second-order valence-corrected chi connectivity index (χ2v) is 2.96. The first-order valence-corrected chi connectivity index (χ1v) is 5.19. The van der Waals surface area contributed by atoms with Gasteiger partial charge in [-0.15, -0.1) is 0 Å². The van der Waals surface area contributed by atoms with E-state index in [4.69, 9.17) is 4.74 Å². The smallest absolute Gasteiger partial charge is 0.428 e. The van der Waals surface area contributed by atoms with E-state index in [0.717, 1.165) is 0 Å². The van der Waals surface area contributed by atoms with Gasteiger partial charge in [-0.2, -0.15) is 0 Å². The highest BCUT2D eigenvalue weighted by molar-refractivity contribution is 14.1. The van der Waals surface area contributed by atoms with E-state index in [9.17, 15) is 4.79 Å². The van der Waals surface area contributed by atoms with E-state index in [1.807, 2.05) is 28.7 Å². The van der Waals surface area contributed by atoms with Gasteiger partial charge in [-0.3, -0.25) is 4.98 Å². The van der Waals surface area contributed by atoms with E-state index in [-0.39, 0.29) is 13.2 Å². The number of hydrogen-bond donors (Lipinski definition) is 0. The highest BCUT2D eigenvalue weighted by Gasteiger charge is 2.02. The maximum Gasteiger partial charge on any atom is 0.509 e. The summed E-state index contributed by atoms with van der Waals surface area (Å²) in [4.78, 5) is 14.9. The zero-order valence-electron chi connectivity index (χ0n) is 7.77. The fourth-order valence-corrected chi connectivity index (χ4v) is 0.936. The molecule has 1 aromatic heterocycles. The lowest BCUT2D eigenvalue weighted by atomic mass is 10.4. The van der Waals surface area contributed by atoms with Crippen molar-refractivity contribution < 1.29 is 14.3 Å². The quantitative estimate of drug-likeness (QED) is 0.487. The van der Waals surface area contributed by atoms with Gasteiger partial charge in [-0.1, -0.05) is 12.0 Å². The molecule has 0 aliphatic carbocycles. The molecule has 0 bridgehead atoms. The minimum atomic E-state index is -0.736. The van der Waals surface area contributed by atoms with Crippen LogP contribution in [0.4, 0.5) is 4.79 Å². The fourth-order valence-electron chi connectivity index (χ4n) is 0.780. The lowest BCUT2D eigenvalue weighted by molar-refractivity contribution is 0.0580. The molecule has 0 aliphatic rings. The molecule has 78 valence electrons. The van der Waals surface area contributed by atoms with Gasteiger partial charge in [0.05, 0.1) is 5.69 Å². The maximum atomic E-state index is 10.9. The van der Waals surface area contributed by atoms with Crippen molar-refractivity contribution in [2.24, 2.45) is 0 Å². The van der Waals surface area contributed by atoms with Crippen LogP contribution in [0.1, 0.15) is 5.69 Å². The fraction of sp³-hybridized carbons (Fsp3) is 0.200. The molecule has 0 spiro atoms. The number of pyridine rings is 1. The van der Waals surface area contributed by atoms with E-state index in [1.54, 1.807) is 18.3 Å². The second kappa shape index (κ2) is 7.06. The molecule has 0 N–H and O–H groups in total. The third kappa shape index (κ3) is 5.22. The molecule has 1 aromatic rings. The minimum absolute atomic E-state index is 0.0456. The zero-order chi connectivity index (χ0) is 10.9. The third-order valence-electron chi connectivity index (χ3n) is 1.39. The molecule has 0 saturated carbocycles. The van der Waals surface area contributed by atoms with Gasteiger partial charge in [-0.25, -0.2) is 4.79 Å². The van der Waals surface area contributed by atoms with E-state index >= 15 is 0 Å². The average molecular weight is 317 g/mol. The molecule has 0 radical (unpaired) electrons. The van der Waals surface area contributed by atoms with Crippen molar-refractivity contribution in [2.75, 3.05) is 6.61 Å². The lowest BCUT2D eigenvalue weighted by Crippen LogP contribution is -2.08. The Labute approximate surface area is 101 Å². The Morgan fingerprint density at radius 1 is 1.47 bits per heavy atom. The van der Waals surface area contributed by atoms with Crippen molar-refractivity contribution in [2.45, 2.75) is 6.61 Å². The molecule has 1 heterocycles. The van der Waals surface area contributed by atoms with Crippen LogP contribution in [0, 0.1) is 9.85 Å². The van der Waals surface area contributed by atoms with Crippen LogP contribution in [0.15, 0.2) is 24.4 Å². The van der Waals surface area contributed by atoms with Crippen LogP contribution in [-0.4, -0.2) is 17.7 Å². The van der Waals surface area contributed by atoms with Crippen molar-refractivity contribution in [3.63, 3.8) is 0 Å². The highest BCUT2D eigenvalue weighted by atomic mass is 127. The molecule has 0 aromatic carbocycles. The SMILES string of the molecule is O=C(OCC#CI)OCc1ccccn1. The standard InChI is InChI=1S/C10H8INO3/c11-5-3-7-14-10(13)15-8-9-4-1-2-6-12-9/h1-2,4,6H,7-8H2. The Morgan fingerprint density at radius 3 is 3.00 bits per heavy atom. The van der Waals surface area contributed by atoms with Gasteiger partial charge >= 0.3 is 6.16 Å². The van der Waals surface area contributed by atoms with E-state index in [0.29, 0.717) is 5.69 Å². The van der Waals surface area contributed by atoms with Gasteiger partial charge in [0.25, 0.3) is 0 Å². The Bertz CT molecular complexity index is 369. The van der Waals surface area contributed by atoms with Crippen LogP contribution >= 0.6 is 22.6 Å². The van der Waals surface area contributed by atoms with Crippen LogP contribution in [0.2, 0.25) is 0 Å². The third-order valence-corrected chi connectivity index (χ3v) is 1.77. The number of halogens is 1. The van der Waals surface area contributed by atoms with E-state index in [2.05, 4.69) is 19.6 Å². The summed E-state index contributed by atoms with van der Waals surface area (Å²) >= 11 is 1.86. The molecule has 0 amide bonds. The molecule has 5 heteroatoms. The van der Waals surface area contributed by atoms with Gasteiger partial charge in [0.1, 0.15) is 6.61 Å². The monoisotopic (exact) mass is 317 g/mol. The molecule has 0 aliphatic heterocycles. The van der Waals surface area contributed by atoms with Gasteiger partial charge in [0.15, 0.2) is 6.61 Å². The molecular formula is C10H8INO3. The Balaban J connectivity index is 2.24. The summed E-state index contributed by atoms with van der Waals surface area (Å²) in [5, 5.41) is 0. The number of nitrogens with zero attached hydrogens (tertiary/aromatic N) is 1. The Morgan fingerprint density at radius 2 is 2.33 bits per heavy atom. The summed E-state index contributed by atoms with van der Waals surface area (Å²) in [6.45, 7) is 0.154. The molecule has 0 saturated heterocycles. The first kappa shape index (κ1) is 11.8. The van der Waals surface area contributed by atoms with Gasteiger partial charge in [0, 0.05) is 28.8 Å². The summed E-state index contributed by atoms with van der Waals surface area (Å²) in [7, 11) is 0. The second-order valence-electron chi connectivity index (χ2n) is 2.42. The summed E-state index contributed by atoms with van der Waals surface area (Å²) in [6, 6.07) is 5.37. The molecular weight excluding hydrogens is 309 g/mol. The maximum absolute atomic E-state index is 10.9. The van der Waals surface area contributed by atoms with Gasteiger partial charge in [0.2, 0.25) is 0 Å². The predicted octanol–water partition coefficient (Wildman–Crippen LogP) is 2.13. The summed E-state index contributed by atoms with van der Waals surface area (Å²) in [5.74, 6) is 2.58. The molecule has 1 rings (SSSR count). The number of hydrogen-bond acceptors (Lipinski definition) is 4. The van der Waals surface area contributed by atoms with Crippen molar-refractivity contribution in [3.8, 4) is 9.85 Å². The van der Waals surface area contributed by atoms with Crippen LogP contribution < -0.4 is 0 Å². The van der Waals surface area contributed by atoms with Gasteiger partial charge < -0.3 is 9.47 Å². The molecule has 0 unspecified atom stereocenters. The summed E-state index contributed by atoms with van der Waals surface area (Å²) in [5.41, 5.74) is 0.675. The average Bonchev–Trinajstić information content (AvgIpc) is 2.28. The van der Waals surface area contributed by atoms with Crippen molar-refractivity contribution >= 4 is 28.7 Å². The lowest BCUT2D eigenvalue weighted by Gasteiger charge is -2.02. The molecule has 0 atom stereocenters. The zero-order valence-corrected chi connectivity index (χ0v) is 9.93. The Kier molecular flexibility index (Phi) is 5.55. The van der Waals surface area contributed by atoms with Crippen LogP contribution in [0.5, 0.6) is 0 Å². The normalized spacial score (nSPS) is 8.60. The van der Waals surface area contributed by atoms with Gasteiger partial charge in [-0.05, 0) is 16.1 Å². The Hall–Kier alpha value is -1.29. The van der Waals surface area contributed by atoms with Crippen LogP contribution in [0.3, 0.4) is 0 Å². The largest absolute Gasteiger partial charge is 0.509 e. The summed E-state index contributed by atoms with van der Waals surface area (Å²) in [6.07, 6.45) is 0.894. The van der Waals surface area contributed by atoms with Crippen LogP contribution in [-0.2, 0) is 16.1 Å². The number of carbonyl (C=O) groups is 1. The van der Waals surface area contributed by atoms with E-state index < -0.39 is 6.16 Å². The number of aromatic nitrogens is 1. The number of ether oxygens (including phenoxy) is 2. The molecule has 15 heavy (non-hydrogen) atoms. The number of rotatable bonds is 3. The summed E-state index contributed by atoms with van der Waals surface area (Å²) < 4.78 is 12.0.